The van der Waals surface area contributed by atoms with Crippen LogP contribution < -0.4 is 9.64 Å². The summed E-state index contributed by atoms with van der Waals surface area (Å²) in [5.74, 6) is 0.898. The number of hydrogen-bond acceptors (Lipinski definition) is 8. The minimum Gasteiger partial charge on any atom is -0.480 e. The minimum absolute atomic E-state index is 0.0767. The number of anilines is 1. The molecule has 0 aromatic carbocycles. The summed E-state index contributed by atoms with van der Waals surface area (Å²) in [6.45, 7) is 4.56. The molecule has 1 atom stereocenters. The topological polar surface area (TPSA) is 77.4 Å². The average Bonchev–Trinajstić information content (AvgIpc) is 3.14. The number of fused-ring (bicyclic) bond motifs is 1. The third-order valence-electron chi connectivity index (χ3n) is 5.67. The van der Waals surface area contributed by atoms with Gasteiger partial charge in [-0.3, -0.25) is 4.79 Å². The van der Waals surface area contributed by atoms with Crippen LogP contribution in [-0.4, -0.2) is 54.7 Å². The zero-order valence-electron chi connectivity index (χ0n) is 18.6. The number of halogens is 1. The van der Waals surface area contributed by atoms with Crippen molar-refractivity contribution in [1.82, 2.24) is 15.0 Å². The van der Waals surface area contributed by atoms with Gasteiger partial charge in [-0.25, -0.2) is 15.0 Å². The minimum atomic E-state index is 0.0767. The number of Topliss-reactive ketones (excluding diaryl/α,β-unsaturated/α-hetero) is 1. The van der Waals surface area contributed by atoms with Gasteiger partial charge in [0, 0.05) is 51.0 Å². The molecule has 1 aliphatic rings. The Morgan fingerprint density at radius 1 is 1.28 bits per heavy atom. The highest BCUT2D eigenvalue weighted by molar-refractivity contribution is 7.18. The number of piperidine rings is 1. The Labute approximate surface area is 196 Å². The molecule has 0 N–H and O–H groups in total. The molecular formula is C23H27ClN4O3S. The fraction of sp³-hybridized carbons (Fsp3) is 0.478. The molecule has 1 fully saturated rings. The van der Waals surface area contributed by atoms with Crippen molar-refractivity contribution in [1.29, 1.82) is 0 Å². The van der Waals surface area contributed by atoms with Crippen molar-refractivity contribution in [2.45, 2.75) is 32.6 Å². The summed E-state index contributed by atoms with van der Waals surface area (Å²) in [6, 6.07) is 1.73. The Balaban J connectivity index is 1.61. The maximum Gasteiger partial charge on any atom is 0.232 e. The molecule has 0 aliphatic carbocycles. The van der Waals surface area contributed by atoms with E-state index in [1.807, 2.05) is 13.1 Å². The summed E-state index contributed by atoms with van der Waals surface area (Å²) in [7, 11) is 3.26. The number of aromatic nitrogens is 3. The molecule has 4 rings (SSSR count). The van der Waals surface area contributed by atoms with E-state index >= 15 is 0 Å². The first kappa shape index (κ1) is 22.9. The Morgan fingerprint density at radius 2 is 2.12 bits per heavy atom. The van der Waals surface area contributed by atoms with E-state index in [0.717, 1.165) is 64.7 Å². The Hall–Kier alpha value is -2.29. The van der Waals surface area contributed by atoms with Gasteiger partial charge in [0.2, 0.25) is 5.88 Å². The third-order valence-corrected chi connectivity index (χ3v) is 6.82. The van der Waals surface area contributed by atoms with E-state index in [1.54, 1.807) is 30.7 Å². The van der Waals surface area contributed by atoms with Gasteiger partial charge in [0.25, 0.3) is 0 Å². The highest BCUT2D eigenvalue weighted by Crippen LogP contribution is 2.35. The van der Waals surface area contributed by atoms with Crippen LogP contribution in [-0.2, 0) is 22.4 Å². The first-order valence-corrected chi connectivity index (χ1v) is 11.9. The maximum atomic E-state index is 13.0. The summed E-state index contributed by atoms with van der Waals surface area (Å²) in [5.41, 5.74) is 3.61. The number of carbonyl (C=O) groups excluding carboxylic acids is 1. The van der Waals surface area contributed by atoms with Crippen LogP contribution in [0.25, 0.3) is 10.3 Å². The molecule has 1 aliphatic heterocycles. The molecule has 3 aromatic rings. The smallest absolute Gasteiger partial charge is 0.232 e. The van der Waals surface area contributed by atoms with Gasteiger partial charge in [0.1, 0.15) is 21.2 Å². The van der Waals surface area contributed by atoms with Crippen molar-refractivity contribution in [3.63, 3.8) is 0 Å². The number of ketones is 1. The molecule has 32 heavy (non-hydrogen) atoms. The summed E-state index contributed by atoms with van der Waals surface area (Å²) >= 11 is 7.76. The van der Waals surface area contributed by atoms with Gasteiger partial charge in [-0.2, -0.15) is 0 Å². The molecule has 7 nitrogen and oxygen atoms in total. The van der Waals surface area contributed by atoms with Crippen LogP contribution in [0.4, 0.5) is 5.69 Å². The van der Waals surface area contributed by atoms with Gasteiger partial charge in [0.05, 0.1) is 24.4 Å². The monoisotopic (exact) mass is 474 g/mol. The lowest BCUT2D eigenvalue weighted by atomic mass is 9.96. The summed E-state index contributed by atoms with van der Waals surface area (Å²) < 4.78 is 10.5. The second-order valence-corrected chi connectivity index (χ2v) is 9.74. The predicted octanol–water partition coefficient (Wildman–Crippen LogP) is 4.27. The van der Waals surface area contributed by atoms with Crippen molar-refractivity contribution in [3.8, 4) is 5.88 Å². The fourth-order valence-electron chi connectivity index (χ4n) is 4.34. The Kier molecular flexibility index (Phi) is 7.23. The predicted molar refractivity (Wildman–Crippen MR) is 127 cm³/mol. The molecule has 0 spiro atoms. The number of methoxy groups -OCH3 is 2. The number of nitrogens with zero attached hydrogens (tertiary/aromatic N) is 4. The highest BCUT2D eigenvalue weighted by atomic mass is 35.5. The van der Waals surface area contributed by atoms with Crippen molar-refractivity contribution < 1.29 is 14.3 Å². The quantitative estimate of drug-likeness (QED) is 0.482. The van der Waals surface area contributed by atoms with Gasteiger partial charge in [-0.05, 0) is 37.3 Å². The second-order valence-electron chi connectivity index (χ2n) is 8.16. The third kappa shape index (κ3) is 5.03. The van der Waals surface area contributed by atoms with Crippen molar-refractivity contribution in [3.05, 3.63) is 39.6 Å². The molecule has 3 aromatic heterocycles. The molecule has 1 unspecified atom stereocenters. The lowest BCUT2D eigenvalue weighted by Gasteiger charge is -2.35. The number of pyridine rings is 2. The van der Waals surface area contributed by atoms with Crippen molar-refractivity contribution in [2.75, 3.05) is 38.8 Å². The zero-order chi connectivity index (χ0) is 22.7. The number of rotatable bonds is 8. The van der Waals surface area contributed by atoms with E-state index < -0.39 is 0 Å². The first-order valence-electron chi connectivity index (χ1n) is 10.7. The van der Waals surface area contributed by atoms with Crippen LogP contribution in [0.1, 0.15) is 29.0 Å². The van der Waals surface area contributed by atoms with Crippen LogP contribution in [0.3, 0.4) is 0 Å². The number of aryl methyl sites for hydroxylation is 1. The van der Waals surface area contributed by atoms with E-state index in [1.165, 1.54) is 7.11 Å². The fourth-order valence-corrected chi connectivity index (χ4v) is 5.37. The molecule has 170 valence electrons. The number of thiazole rings is 1. The maximum absolute atomic E-state index is 13.0. The number of carbonyl (C=O) groups is 1. The second kappa shape index (κ2) is 10.1. The van der Waals surface area contributed by atoms with Crippen LogP contribution in [0.5, 0.6) is 5.88 Å². The average molecular weight is 475 g/mol. The summed E-state index contributed by atoms with van der Waals surface area (Å²) in [5, 5.41) is 1.37. The first-order chi connectivity index (χ1) is 15.5. The molecule has 0 saturated carbocycles. The van der Waals surface area contributed by atoms with Gasteiger partial charge in [-0.1, -0.05) is 22.9 Å². The largest absolute Gasteiger partial charge is 0.480 e. The van der Waals surface area contributed by atoms with Crippen molar-refractivity contribution in [2.24, 2.45) is 5.92 Å². The molecule has 9 heteroatoms. The number of ether oxygens (including phenoxy) is 2. The molecule has 0 bridgehead atoms. The molecule has 1 saturated heterocycles. The lowest BCUT2D eigenvalue weighted by Crippen LogP contribution is -2.38. The molecular weight excluding hydrogens is 448 g/mol. The molecule has 0 radical (unpaired) electrons. The van der Waals surface area contributed by atoms with E-state index in [4.69, 9.17) is 26.1 Å². The van der Waals surface area contributed by atoms with Gasteiger partial charge < -0.3 is 14.4 Å². The van der Waals surface area contributed by atoms with Crippen molar-refractivity contribution >= 4 is 44.8 Å². The van der Waals surface area contributed by atoms with Gasteiger partial charge in [-0.15, -0.1) is 0 Å². The van der Waals surface area contributed by atoms with E-state index in [0.29, 0.717) is 16.8 Å². The lowest BCUT2D eigenvalue weighted by molar-refractivity contribution is -0.117. The summed E-state index contributed by atoms with van der Waals surface area (Å²) in [4.78, 5) is 29.8. The van der Waals surface area contributed by atoms with E-state index in [9.17, 15) is 4.79 Å². The molecule has 0 amide bonds. The van der Waals surface area contributed by atoms with Crippen LogP contribution in [0.2, 0.25) is 5.02 Å². The SMILES string of the molecule is COCC1CCCN(c2c(CC(=O)Cc3cnc(OC)c(Cl)c3)cnc3sc(C)nc23)C1. The van der Waals surface area contributed by atoms with Crippen LogP contribution in [0, 0.1) is 12.8 Å². The zero-order valence-corrected chi connectivity index (χ0v) is 20.1. The molecule has 4 heterocycles. The summed E-state index contributed by atoms with van der Waals surface area (Å²) in [6.07, 6.45) is 6.24. The van der Waals surface area contributed by atoms with E-state index in [2.05, 4.69) is 14.9 Å². The van der Waals surface area contributed by atoms with Crippen LogP contribution >= 0.6 is 22.9 Å². The van der Waals surface area contributed by atoms with Crippen LogP contribution in [0.15, 0.2) is 18.5 Å². The Morgan fingerprint density at radius 3 is 2.88 bits per heavy atom. The normalized spacial score (nSPS) is 16.5. The van der Waals surface area contributed by atoms with Gasteiger partial charge >= 0.3 is 0 Å². The van der Waals surface area contributed by atoms with E-state index in [-0.39, 0.29) is 18.6 Å². The standard InChI is InChI=1S/C23H27ClN4O3S/c1-14-27-20-21(28-6-4-5-15(12-28)13-30-2)17(11-26-23(20)32-14)9-18(29)7-16-8-19(24)22(31-3)25-10-16/h8,10-11,15H,4-7,9,12-13H2,1-3H3. The van der Waals surface area contributed by atoms with Gasteiger partial charge in [0.15, 0.2) is 0 Å². The highest BCUT2D eigenvalue weighted by Gasteiger charge is 2.26. The Bertz CT molecular complexity index is 1120. The number of hydrogen-bond donors (Lipinski definition) is 0.